The standard InChI is InChI=1S/C18H39N.BH3/c1-2-3-4-5-6-7-8-9-10-11-12-13-14-15-16-17-18-19;/h2-19H2,1H3;1H3. The van der Waals surface area contributed by atoms with Crippen LogP contribution >= 0.6 is 0 Å². The Labute approximate surface area is 131 Å². The summed E-state index contributed by atoms with van der Waals surface area (Å²) in [6.45, 7) is 3.16. The van der Waals surface area contributed by atoms with E-state index in [1.54, 1.807) is 0 Å². The first-order chi connectivity index (χ1) is 9.41. The van der Waals surface area contributed by atoms with E-state index in [9.17, 15) is 0 Å². The fraction of sp³-hybridized carbons (Fsp3) is 1.00. The predicted octanol–water partition coefficient (Wildman–Crippen LogP) is 5.02. The van der Waals surface area contributed by atoms with E-state index in [1.165, 1.54) is 103 Å². The molecule has 0 saturated heterocycles. The summed E-state index contributed by atoms with van der Waals surface area (Å²) in [5.41, 5.74) is 5.48. The summed E-state index contributed by atoms with van der Waals surface area (Å²) in [5.74, 6) is 0. The molecule has 0 spiro atoms. The van der Waals surface area contributed by atoms with Gasteiger partial charge < -0.3 is 5.73 Å². The molecule has 0 heterocycles. The molecular weight excluding hydrogens is 241 g/mol. The van der Waals surface area contributed by atoms with E-state index in [0.717, 1.165) is 6.54 Å². The number of unbranched alkanes of at least 4 members (excludes halogenated alkanes) is 15. The zero-order chi connectivity index (χ0) is 14.0. The van der Waals surface area contributed by atoms with Crippen molar-refractivity contribution in [1.82, 2.24) is 0 Å². The van der Waals surface area contributed by atoms with Gasteiger partial charge in [-0.2, -0.15) is 0 Å². The fourth-order valence-electron chi connectivity index (χ4n) is 2.69. The third-order valence-electron chi connectivity index (χ3n) is 4.06. The van der Waals surface area contributed by atoms with E-state index < -0.39 is 0 Å². The van der Waals surface area contributed by atoms with Gasteiger partial charge in [0.2, 0.25) is 0 Å². The number of nitrogens with two attached hydrogens (primary N) is 1. The second-order valence-electron chi connectivity index (χ2n) is 6.09. The van der Waals surface area contributed by atoms with Crippen LogP contribution in [0.5, 0.6) is 0 Å². The van der Waals surface area contributed by atoms with Gasteiger partial charge in [0.1, 0.15) is 0 Å². The number of hydrogen-bond donors (Lipinski definition) is 1. The Bertz CT molecular complexity index is 134. The molecule has 2 N–H and O–H groups in total. The Morgan fingerprint density at radius 1 is 0.450 bits per heavy atom. The molecule has 0 aromatic carbocycles. The van der Waals surface area contributed by atoms with Gasteiger partial charge in [-0.1, -0.05) is 103 Å². The van der Waals surface area contributed by atoms with Crippen LogP contribution in [0.25, 0.3) is 0 Å². The number of rotatable bonds is 16. The van der Waals surface area contributed by atoms with Gasteiger partial charge >= 0.3 is 0 Å². The first kappa shape index (κ1) is 22.3. The molecule has 0 aliphatic rings. The second-order valence-corrected chi connectivity index (χ2v) is 6.09. The summed E-state index contributed by atoms with van der Waals surface area (Å²) in [6.07, 6.45) is 22.9. The lowest BCUT2D eigenvalue weighted by Crippen LogP contribution is -1.97. The van der Waals surface area contributed by atoms with Crippen molar-refractivity contribution in [2.45, 2.75) is 110 Å². The molecule has 122 valence electrons. The molecule has 0 atom stereocenters. The molecule has 0 rings (SSSR count). The smallest absolute Gasteiger partial charge is 0.0814 e. The lowest BCUT2D eigenvalue weighted by molar-refractivity contribution is 0.530. The summed E-state index contributed by atoms with van der Waals surface area (Å²) in [5, 5.41) is 0. The van der Waals surface area contributed by atoms with Crippen LogP contribution in [0.15, 0.2) is 0 Å². The predicted molar refractivity (Wildman–Crippen MR) is 98.5 cm³/mol. The van der Waals surface area contributed by atoms with Crippen LogP contribution in [-0.2, 0) is 0 Å². The minimum Gasteiger partial charge on any atom is -0.330 e. The SMILES string of the molecule is B.CCCCCCCCCCCCCCCCCCN. The highest BCUT2D eigenvalue weighted by atomic mass is 14.5. The fourth-order valence-corrected chi connectivity index (χ4v) is 2.69. The van der Waals surface area contributed by atoms with Crippen molar-refractivity contribution in [2.24, 2.45) is 5.73 Å². The summed E-state index contributed by atoms with van der Waals surface area (Å²) in [6, 6.07) is 0. The van der Waals surface area contributed by atoms with Crippen molar-refractivity contribution in [3.05, 3.63) is 0 Å². The average molecular weight is 283 g/mol. The van der Waals surface area contributed by atoms with Crippen molar-refractivity contribution >= 4 is 8.41 Å². The first-order valence-electron chi connectivity index (χ1n) is 9.12. The first-order valence-corrected chi connectivity index (χ1v) is 9.12. The molecule has 20 heavy (non-hydrogen) atoms. The van der Waals surface area contributed by atoms with Crippen molar-refractivity contribution in [3.63, 3.8) is 0 Å². The van der Waals surface area contributed by atoms with Crippen LogP contribution in [0.1, 0.15) is 110 Å². The second kappa shape index (κ2) is 21.3. The highest BCUT2D eigenvalue weighted by Crippen LogP contribution is 2.13. The molecule has 0 radical (unpaired) electrons. The van der Waals surface area contributed by atoms with Crippen LogP contribution in [-0.4, -0.2) is 15.0 Å². The Morgan fingerprint density at radius 3 is 0.950 bits per heavy atom. The molecular formula is C18H42BN. The van der Waals surface area contributed by atoms with Crippen molar-refractivity contribution in [1.29, 1.82) is 0 Å². The van der Waals surface area contributed by atoms with E-state index in [-0.39, 0.29) is 8.41 Å². The van der Waals surface area contributed by atoms with Gasteiger partial charge in [-0.3, -0.25) is 0 Å². The molecule has 0 aliphatic carbocycles. The summed E-state index contributed by atoms with van der Waals surface area (Å²) >= 11 is 0. The topological polar surface area (TPSA) is 26.0 Å². The molecule has 1 nitrogen and oxygen atoms in total. The normalized spacial score (nSPS) is 10.5. The van der Waals surface area contributed by atoms with Gasteiger partial charge in [-0.05, 0) is 13.0 Å². The molecule has 0 aliphatic heterocycles. The summed E-state index contributed by atoms with van der Waals surface area (Å²) < 4.78 is 0. The maximum Gasteiger partial charge on any atom is 0.0814 e. The highest BCUT2D eigenvalue weighted by Gasteiger charge is 1.94. The number of hydrogen-bond acceptors (Lipinski definition) is 1. The van der Waals surface area contributed by atoms with Crippen molar-refractivity contribution in [2.75, 3.05) is 6.54 Å². The minimum atomic E-state index is 0. The zero-order valence-corrected chi connectivity index (χ0v) is 13.6. The van der Waals surface area contributed by atoms with Gasteiger partial charge in [0.15, 0.2) is 0 Å². The Morgan fingerprint density at radius 2 is 0.700 bits per heavy atom. The Hall–Kier alpha value is 0.0249. The van der Waals surface area contributed by atoms with Crippen molar-refractivity contribution < 1.29 is 0 Å². The third kappa shape index (κ3) is 20.3. The Kier molecular flexibility index (Phi) is 23.8. The molecule has 0 aromatic rings. The lowest BCUT2D eigenvalue weighted by Gasteiger charge is -2.03. The van der Waals surface area contributed by atoms with Crippen LogP contribution in [0.2, 0.25) is 0 Å². The third-order valence-corrected chi connectivity index (χ3v) is 4.06. The highest BCUT2D eigenvalue weighted by molar-refractivity contribution is 5.75. The maximum atomic E-state index is 5.48. The molecule has 2 heteroatoms. The summed E-state index contributed by atoms with van der Waals surface area (Å²) in [4.78, 5) is 0. The van der Waals surface area contributed by atoms with Gasteiger partial charge in [-0.15, -0.1) is 0 Å². The molecule has 0 fully saturated rings. The van der Waals surface area contributed by atoms with E-state index in [1.807, 2.05) is 0 Å². The van der Waals surface area contributed by atoms with Gasteiger partial charge in [0, 0.05) is 0 Å². The largest absolute Gasteiger partial charge is 0.330 e. The van der Waals surface area contributed by atoms with Crippen LogP contribution in [0, 0.1) is 0 Å². The van der Waals surface area contributed by atoms with Gasteiger partial charge in [-0.25, -0.2) is 0 Å². The lowest BCUT2D eigenvalue weighted by atomic mass is 10.0. The van der Waals surface area contributed by atoms with Crippen LogP contribution in [0.3, 0.4) is 0 Å². The molecule has 0 saturated carbocycles. The molecule has 0 bridgehead atoms. The van der Waals surface area contributed by atoms with Gasteiger partial charge in [0.05, 0.1) is 8.41 Å². The zero-order valence-electron chi connectivity index (χ0n) is 13.6. The Balaban J connectivity index is 0. The quantitative estimate of drug-likeness (QED) is 0.312. The van der Waals surface area contributed by atoms with E-state index in [0.29, 0.717) is 0 Å². The van der Waals surface area contributed by atoms with E-state index in [2.05, 4.69) is 6.92 Å². The average Bonchev–Trinajstić information content (AvgIpc) is 2.43. The van der Waals surface area contributed by atoms with Crippen LogP contribution < -0.4 is 5.73 Å². The molecule has 0 unspecified atom stereocenters. The minimum absolute atomic E-state index is 0. The molecule has 0 aromatic heterocycles. The molecule has 0 amide bonds. The van der Waals surface area contributed by atoms with Gasteiger partial charge in [0.25, 0.3) is 0 Å². The van der Waals surface area contributed by atoms with Crippen LogP contribution in [0.4, 0.5) is 0 Å². The monoisotopic (exact) mass is 283 g/mol. The van der Waals surface area contributed by atoms with E-state index in [4.69, 9.17) is 5.73 Å². The van der Waals surface area contributed by atoms with E-state index >= 15 is 0 Å². The summed E-state index contributed by atoms with van der Waals surface area (Å²) in [7, 11) is 0. The maximum absolute atomic E-state index is 5.48. The van der Waals surface area contributed by atoms with Crippen molar-refractivity contribution in [3.8, 4) is 0 Å².